The molecule has 0 aromatic heterocycles. The first-order valence-electron chi connectivity index (χ1n) is 9.85. The Morgan fingerprint density at radius 3 is 2.23 bits per heavy atom. The number of nitrogens with zero attached hydrogens (tertiary/aromatic N) is 1. The second-order valence-corrected chi connectivity index (χ2v) is 8.25. The van der Waals surface area contributed by atoms with Crippen LogP contribution in [0.2, 0.25) is 0 Å². The monoisotopic (exact) mass is 429 g/mol. The predicted octanol–water partition coefficient (Wildman–Crippen LogP) is 4.07. The van der Waals surface area contributed by atoms with Crippen LogP contribution in [0.25, 0.3) is 11.1 Å². The lowest BCUT2D eigenvalue weighted by molar-refractivity contribution is -0.0221. The van der Waals surface area contributed by atoms with Crippen molar-refractivity contribution in [3.63, 3.8) is 0 Å². The molecule has 1 aliphatic rings. The SMILES string of the molecule is COc1ccc(-c2cc(OC3CN(C(=O)OC(C)(C)C)C3)cc(C(=O)O)c2)cc1OC. The van der Waals surface area contributed by atoms with E-state index in [2.05, 4.69) is 0 Å². The minimum atomic E-state index is -1.06. The summed E-state index contributed by atoms with van der Waals surface area (Å²) in [6, 6.07) is 10.2. The molecule has 0 unspecified atom stereocenters. The Hall–Kier alpha value is -3.42. The molecule has 1 saturated heterocycles. The van der Waals surface area contributed by atoms with Crippen molar-refractivity contribution in [1.29, 1.82) is 0 Å². The normalized spacial score (nSPS) is 13.9. The van der Waals surface area contributed by atoms with Crippen LogP contribution in [0.4, 0.5) is 4.79 Å². The molecule has 8 nitrogen and oxygen atoms in total. The molecule has 1 aliphatic heterocycles. The number of likely N-dealkylation sites (tertiary alicyclic amines) is 1. The largest absolute Gasteiger partial charge is 0.493 e. The van der Waals surface area contributed by atoms with Crippen molar-refractivity contribution in [3.8, 4) is 28.4 Å². The first-order valence-corrected chi connectivity index (χ1v) is 9.85. The summed E-state index contributed by atoms with van der Waals surface area (Å²) in [7, 11) is 3.09. The van der Waals surface area contributed by atoms with Crippen molar-refractivity contribution in [2.75, 3.05) is 27.3 Å². The number of hydrogen-bond acceptors (Lipinski definition) is 6. The van der Waals surface area contributed by atoms with Crippen LogP contribution in [-0.2, 0) is 4.74 Å². The topological polar surface area (TPSA) is 94.5 Å². The van der Waals surface area contributed by atoms with E-state index in [0.29, 0.717) is 35.9 Å². The summed E-state index contributed by atoms with van der Waals surface area (Å²) in [4.78, 5) is 25.3. The van der Waals surface area contributed by atoms with Crippen LogP contribution in [0.1, 0.15) is 31.1 Å². The first kappa shape index (κ1) is 22.3. The van der Waals surface area contributed by atoms with Gasteiger partial charge < -0.3 is 29.0 Å². The van der Waals surface area contributed by atoms with Crippen molar-refractivity contribution < 1.29 is 33.6 Å². The van der Waals surface area contributed by atoms with Gasteiger partial charge in [-0.05, 0) is 62.2 Å². The maximum atomic E-state index is 12.1. The summed E-state index contributed by atoms with van der Waals surface area (Å²) in [5, 5.41) is 9.52. The zero-order chi connectivity index (χ0) is 22.8. The number of hydrogen-bond donors (Lipinski definition) is 1. The Balaban J connectivity index is 1.78. The summed E-state index contributed by atoms with van der Waals surface area (Å²) in [5.41, 5.74) is 0.965. The van der Waals surface area contributed by atoms with E-state index in [4.69, 9.17) is 18.9 Å². The number of carboxylic acids is 1. The Labute approximate surface area is 181 Å². The molecule has 1 heterocycles. The van der Waals surface area contributed by atoms with Gasteiger partial charge in [0, 0.05) is 0 Å². The minimum absolute atomic E-state index is 0.102. The first-order chi connectivity index (χ1) is 14.6. The van der Waals surface area contributed by atoms with E-state index in [0.717, 1.165) is 5.56 Å². The maximum Gasteiger partial charge on any atom is 0.410 e. The molecule has 1 N–H and O–H groups in total. The van der Waals surface area contributed by atoms with Gasteiger partial charge in [0.2, 0.25) is 0 Å². The number of aromatic carboxylic acids is 1. The van der Waals surface area contributed by atoms with Crippen molar-refractivity contribution in [2.45, 2.75) is 32.5 Å². The molecule has 0 spiro atoms. The Kier molecular flexibility index (Phi) is 6.29. The molecule has 0 bridgehead atoms. The lowest BCUT2D eigenvalue weighted by Gasteiger charge is -2.39. The van der Waals surface area contributed by atoms with Gasteiger partial charge in [-0.3, -0.25) is 0 Å². The third kappa shape index (κ3) is 5.39. The molecule has 0 atom stereocenters. The highest BCUT2D eigenvalue weighted by molar-refractivity contribution is 5.90. The molecule has 2 aromatic carbocycles. The van der Waals surface area contributed by atoms with Crippen LogP contribution in [0.5, 0.6) is 17.2 Å². The number of methoxy groups -OCH3 is 2. The summed E-state index contributed by atoms with van der Waals surface area (Å²) in [5.74, 6) is 0.471. The molecule has 1 fully saturated rings. The number of carboxylic acid groups (broad SMARTS) is 1. The van der Waals surface area contributed by atoms with Gasteiger partial charge in [-0.25, -0.2) is 9.59 Å². The zero-order valence-electron chi connectivity index (χ0n) is 18.3. The predicted molar refractivity (Wildman–Crippen MR) is 114 cm³/mol. The van der Waals surface area contributed by atoms with Gasteiger partial charge in [0.25, 0.3) is 0 Å². The van der Waals surface area contributed by atoms with E-state index in [1.165, 1.54) is 13.2 Å². The average Bonchev–Trinajstić information content (AvgIpc) is 2.68. The molecule has 1 amide bonds. The number of rotatable bonds is 6. The van der Waals surface area contributed by atoms with Gasteiger partial charge in [-0.1, -0.05) is 6.07 Å². The van der Waals surface area contributed by atoms with E-state index >= 15 is 0 Å². The van der Waals surface area contributed by atoms with Crippen LogP contribution < -0.4 is 14.2 Å². The fourth-order valence-electron chi connectivity index (χ4n) is 3.15. The molecule has 166 valence electrons. The van der Waals surface area contributed by atoms with E-state index in [1.807, 2.05) is 26.8 Å². The molecule has 3 rings (SSSR count). The van der Waals surface area contributed by atoms with Gasteiger partial charge >= 0.3 is 12.1 Å². The molecule has 0 radical (unpaired) electrons. The maximum absolute atomic E-state index is 12.1. The molecule has 8 heteroatoms. The highest BCUT2D eigenvalue weighted by Crippen LogP contribution is 2.34. The minimum Gasteiger partial charge on any atom is -0.493 e. The Bertz CT molecular complexity index is 974. The van der Waals surface area contributed by atoms with Gasteiger partial charge in [-0.15, -0.1) is 0 Å². The number of ether oxygens (including phenoxy) is 4. The molecular formula is C23H27NO7. The summed E-state index contributed by atoms with van der Waals surface area (Å²) >= 11 is 0. The van der Waals surface area contributed by atoms with Crippen LogP contribution >= 0.6 is 0 Å². The second kappa shape index (κ2) is 8.75. The molecule has 2 aromatic rings. The van der Waals surface area contributed by atoms with E-state index in [-0.39, 0.29) is 11.7 Å². The van der Waals surface area contributed by atoms with Crippen LogP contribution in [-0.4, -0.2) is 61.1 Å². The van der Waals surface area contributed by atoms with E-state index < -0.39 is 17.7 Å². The number of amides is 1. The highest BCUT2D eigenvalue weighted by Gasteiger charge is 2.35. The van der Waals surface area contributed by atoms with Crippen LogP contribution in [0.3, 0.4) is 0 Å². The summed E-state index contributed by atoms with van der Waals surface area (Å²) < 4.78 is 21.9. The third-order valence-corrected chi connectivity index (χ3v) is 4.67. The Morgan fingerprint density at radius 1 is 0.968 bits per heavy atom. The van der Waals surface area contributed by atoms with Crippen molar-refractivity contribution >= 4 is 12.1 Å². The lowest BCUT2D eigenvalue weighted by atomic mass is 10.0. The fourth-order valence-corrected chi connectivity index (χ4v) is 3.15. The highest BCUT2D eigenvalue weighted by atomic mass is 16.6. The van der Waals surface area contributed by atoms with Crippen LogP contribution in [0.15, 0.2) is 36.4 Å². The van der Waals surface area contributed by atoms with Gasteiger partial charge in [0.15, 0.2) is 11.5 Å². The van der Waals surface area contributed by atoms with Crippen LogP contribution in [0, 0.1) is 0 Å². The van der Waals surface area contributed by atoms with E-state index in [1.54, 1.807) is 36.3 Å². The molecule has 31 heavy (non-hydrogen) atoms. The summed E-state index contributed by atoms with van der Waals surface area (Å²) in [6.45, 7) is 6.18. The van der Waals surface area contributed by atoms with Crippen molar-refractivity contribution in [1.82, 2.24) is 4.90 Å². The number of benzene rings is 2. The fraction of sp³-hybridized carbons (Fsp3) is 0.391. The zero-order valence-corrected chi connectivity index (χ0v) is 18.3. The van der Waals surface area contributed by atoms with Gasteiger partial charge in [0.1, 0.15) is 17.5 Å². The summed E-state index contributed by atoms with van der Waals surface area (Å²) in [6.07, 6.45) is -0.632. The molecular weight excluding hydrogens is 402 g/mol. The molecule has 0 saturated carbocycles. The van der Waals surface area contributed by atoms with Crippen molar-refractivity contribution in [3.05, 3.63) is 42.0 Å². The number of carbonyl (C=O) groups excluding carboxylic acids is 1. The average molecular weight is 429 g/mol. The Morgan fingerprint density at radius 2 is 1.65 bits per heavy atom. The van der Waals surface area contributed by atoms with E-state index in [9.17, 15) is 14.7 Å². The third-order valence-electron chi connectivity index (χ3n) is 4.67. The van der Waals surface area contributed by atoms with Gasteiger partial charge in [0.05, 0.1) is 32.9 Å². The standard InChI is InChI=1S/C23H27NO7/c1-23(2,3)31-22(27)24-12-18(13-24)30-17-9-15(8-16(10-17)21(25)26)14-6-7-19(28-4)20(11-14)29-5/h6-11,18H,12-13H2,1-5H3,(H,25,26). The quantitative estimate of drug-likeness (QED) is 0.740. The smallest absolute Gasteiger partial charge is 0.410 e. The molecule has 0 aliphatic carbocycles. The lowest BCUT2D eigenvalue weighted by Crippen LogP contribution is -2.57. The second-order valence-electron chi connectivity index (χ2n) is 8.25. The van der Waals surface area contributed by atoms with Crippen molar-refractivity contribution in [2.24, 2.45) is 0 Å². The van der Waals surface area contributed by atoms with Gasteiger partial charge in [-0.2, -0.15) is 0 Å². The number of carbonyl (C=O) groups is 2.